The predicted molar refractivity (Wildman–Crippen MR) is 84.0 cm³/mol. The van der Waals surface area contributed by atoms with Gasteiger partial charge in [0.25, 0.3) is 0 Å². The van der Waals surface area contributed by atoms with Crippen molar-refractivity contribution in [1.29, 1.82) is 0 Å². The molecule has 0 saturated carbocycles. The second-order valence-electron chi connectivity index (χ2n) is 4.67. The summed E-state index contributed by atoms with van der Waals surface area (Å²) in [7, 11) is -0.903. The summed E-state index contributed by atoms with van der Waals surface area (Å²) in [6, 6.07) is 15.2. The molecule has 3 rings (SSSR count). The molecule has 0 fully saturated rings. The van der Waals surface area contributed by atoms with Gasteiger partial charge < -0.3 is 5.11 Å². The van der Waals surface area contributed by atoms with Gasteiger partial charge in [-0.05, 0) is 23.3 Å². The number of hydrogen-bond acceptors (Lipinski definition) is 3. The lowest BCUT2D eigenvalue weighted by Gasteiger charge is -2.20. The first-order chi connectivity index (χ1) is 9.78. The SMILES string of the molecule is O=C1c2ccccc2N=C[SH]1Cc1ccc(CO)cc1. The molecule has 1 unspecified atom stereocenters. The van der Waals surface area contributed by atoms with Gasteiger partial charge in [-0.2, -0.15) is 0 Å². The normalized spacial score (nSPS) is 18.9. The maximum absolute atomic E-state index is 12.4. The van der Waals surface area contributed by atoms with Crippen LogP contribution in [0.5, 0.6) is 0 Å². The van der Waals surface area contributed by atoms with Gasteiger partial charge in [-0.25, -0.2) is 0 Å². The first kappa shape index (κ1) is 13.1. The fraction of sp³-hybridized carbons (Fsp3) is 0.125. The van der Waals surface area contributed by atoms with Crippen LogP contribution in [-0.2, 0) is 12.4 Å². The van der Waals surface area contributed by atoms with E-state index in [1.54, 1.807) is 5.55 Å². The second kappa shape index (κ2) is 5.61. The minimum absolute atomic E-state index is 0.0445. The van der Waals surface area contributed by atoms with Gasteiger partial charge in [-0.15, -0.1) is 10.9 Å². The minimum atomic E-state index is -0.903. The topological polar surface area (TPSA) is 49.7 Å². The lowest BCUT2D eigenvalue weighted by atomic mass is 10.2. The zero-order valence-electron chi connectivity index (χ0n) is 10.9. The summed E-state index contributed by atoms with van der Waals surface area (Å²) in [5, 5.41) is 9.22. The molecule has 0 bridgehead atoms. The van der Waals surface area contributed by atoms with Crippen molar-refractivity contribution in [2.24, 2.45) is 4.99 Å². The van der Waals surface area contributed by atoms with E-state index in [2.05, 4.69) is 4.99 Å². The zero-order chi connectivity index (χ0) is 13.9. The van der Waals surface area contributed by atoms with Crippen molar-refractivity contribution in [3.8, 4) is 0 Å². The highest BCUT2D eigenvalue weighted by atomic mass is 32.2. The number of fused-ring (bicyclic) bond motifs is 1. The van der Waals surface area contributed by atoms with Crippen LogP contribution >= 0.6 is 10.9 Å². The Morgan fingerprint density at radius 1 is 1.00 bits per heavy atom. The van der Waals surface area contributed by atoms with Gasteiger partial charge >= 0.3 is 0 Å². The van der Waals surface area contributed by atoms with E-state index in [1.165, 1.54) is 0 Å². The van der Waals surface area contributed by atoms with Gasteiger partial charge in [0.2, 0.25) is 5.12 Å². The van der Waals surface area contributed by atoms with Crippen molar-refractivity contribution < 1.29 is 9.90 Å². The van der Waals surface area contributed by atoms with Crippen LogP contribution in [0, 0.1) is 0 Å². The van der Waals surface area contributed by atoms with Gasteiger partial charge in [0.1, 0.15) is 0 Å². The monoisotopic (exact) mass is 285 g/mol. The summed E-state index contributed by atoms with van der Waals surface area (Å²) in [5.41, 5.74) is 5.29. The summed E-state index contributed by atoms with van der Waals surface area (Å²) in [4.78, 5) is 16.8. The van der Waals surface area contributed by atoms with E-state index >= 15 is 0 Å². The summed E-state index contributed by atoms with van der Waals surface area (Å²) in [5.74, 6) is 0.706. The van der Waals surface area contributed by atoms with Crippen LogP contribution < -0.4 is 0 Å². The summed E-state index contributed by atoms with van der Waals surface area (Å²) >= 11 is 0. The highest BCUT2D eigenvalue weighted by Gasteiger charge is 2.21. The standard InChI is InChI=1S/C16H15NO2S/c18-9-12-5-7-13(8-6-12)10-20-11-17-15-4-2-1-3-14(15)16(20)19/h1-8,11,18,20H,9-10H2. The number of aliphatic hydroxyl groups is 1. The maximum atomic E-state index is 12.4. The number of para-hydroxylation sites is 1. The van der Waals surface area contributed by atoms with Gasteiger partial charge in [-0.1, -0.05) is 36.4 Å². The van der Waals surface area contributed by atoms with E-state index in [-0.39, 0.29) is 11.7 Å². The Kier molecular flexibility index (Phi) is 3.67. The number of aliphatic hydroxyl groups excluding tert-OH is 1. The summed E-state index contributed by atoms with van der Waals surface area (Å²) < 4.78 is 0. The molecule has 20 heavy (non-hydrogen) atoms. The number of carbonyl (C=O) groups is 1. The highest BCUT2D eigenvalue weighted by molar-refractivity contribution is 8.39. The Morgan fingerprint density at radius 2 is 1.70 bits per heavy atom. The number of rotatable bonds is 3. The second-order valence-corrected chi connectivity index (χ2v) is 6.56. The molecule has 1 aliphatic heterocycles. The Balaban J connectivity index is 1.81. The van der Waals surface area contributed by atoms with Gasteiger partial charge in [0.15, 0.2) is 0 Å². The molecular formula is C16H15NO2S. The third-order valence-corrected chi connectivity index (χ3v) is 5.15. The molecule has 0 spiro atoms. The molecule has 0 aliphatic carbocycles. The average molecular weight is 285 g/mol. The molecule has 2 aromatic carbocycles. The molecule has 0 aromatic heterocycles. The summed E-state index contributed by atoms with van der Waals surface area (Å²) in [6.45, 7) is 0.0445. The van der Waals surface area contributed by atoms with Crippen LogP contribution in [0.4, 0.5) is 5.69 Å². The molecule has 0 radical (unpaired) electrons. The first-order valence-electron chi connectivity index (χ1n) is 6.41. The van der Waals surface area contributed by atoms with Crippen molar-refractivity contribution in [3.63, 3.8) is 0 Å². The third kappa shape index (κ3) is 2.53. The van der Waals surface area contributed by atoms with Gasteiger partial charge in [0.05, 0.1) is 17.9 Å². The first-order valence-corrected chi connectivity index (χ1v) is 8.00. The van der Waals surface area contributed by atoms with E-state index in [0.29, 0.717) is 5.75 Å². The van der Waals surface area contributed by atoms with E-state index in [9.17, 15) is 4.79 Å². The maximum Gasteiger partial charge on any atom is 0.207 e. The van der Waals surface area contributed by atoms with Crippen LogP contribution in [0.25, 0.3) is 0 Å². The van der Waals surface area contributed by atoms with Crippen molar-refractivity contribution >= 4 is 27.2 Å². The smallest absolute Gasteiger partial charge is 0.207 e. The fourth-order valence-corrected chi connectivity index (χ4v) is 3.86. The Bertz CT molecular complexity index is 664. The average Bonchev–Trinajstić information content (AvgIpc) is 2.51. The molecule has 3 nitrogen and oxygen atoms in total. The molecule has 1 N–H and O–H groups in total. The largest absolute Gasteiger partial charge is 0.392 e. The highest BCUT2D eigenvalue weighted by Crippen LogP contribution is 2.39. The van der Waals surface area contributed by atoms with Crippen molar-refractivity contribution in [3.05, 3.63) is 65.2 Å². The number of carbonyl (C=O) groups excluding carboxylic acids is 1. The molecular weight excluding hydrogens is 270 g/mol. The van der Waals surface area contributed by atoms with Crippen LogP contribution in [0.15, 0.2) is 53.5 Å². The van der Waals surface area contributed by atoms with Crippen molar-refractivity contribution in [2.45, 2.75) is 12.4 Å². The van der Waals surface area contributed by atoms with E-state index in [4.69, 9.17) is 5.11 Å². The molecule has 2 aromatic rings. The van der Waals surface area contributed by atoms with Crippen LogP contribution in [-0.4, -0.2) is 15.8 Å². The quantitative estimate of drug-likeness (QED) is 0.851. The van der Waals surface area contributed by atoms with Crippen LogP contribution in [0.3, 0.4) is 0 Å². The minimum Gasteiger partial charge on any atom is -0.392 e. The Hall–Kier alpha value is -1.91. The van der Waals surface area contributed by atoms with Crippen LogP contribution in [0.1, 0.15) is 21.5 Å². The lowest BCUT2D eigenvalue weighted by Crippen LogP contribution is -2.07. The number of thiol groups is 1. The molecule has 0 saturated heterocycles. The number of aliphatic imine (C=N–C) groups is 1. The molecule has 1 heterocycles. The van der Waals surface area contributed by atoms with Gasteiger partial charge in [0, 0.05) is 11.3 Å². The zero-order valence-corrected chi connectivity index (χ0v) is 11.8. The van der Waals surface area contributed by atoms with Crippen molar-refractivity contribution in [1.82, 2.24) is 0 Å². The molecule has 102 valence electrons. The molecule has 1 aliphatic rings. The van der Waals surface area contributed by atoms with Crippen molar-refractivity contribution in [2.75, 3.05) is 0 Å². The molecule has 1 atom stereocenters. The number of hydrogen-bond donors (Lipinski definition) is 2. The molecule has 0 amide bonds. The Morgan fingerprint density at radius 3 is 2.45 bits per heavy atom. The van der Waals surface area contributed by atoms with E-state index in [1.807, 2.05) is 48.5 Å². The molecule has 4 heteroatoms. The van der Waals surface area contributed by atoms with E-state index in [0.717, 1.165) is 22.4 Å². The fourth-order valence-electron chi connectivity index (χ4n) is 2.17. The number of nitrogens with zero attached hydrogens (tertiary/aromatic N) is 1. The summed E-state index contributed by atoms with van der Waals surface area (Å²) in [6.07, 6.45) is 0. The number of benzene rings is 2. The Labute approximate surface area is 120 Å². The predicted octanol–water partition coefficient (Wildman–Crippen LogP) is 3.19. The van der Waals surface area contributed by atoms with E-state index < -0.39 is 10.9 Å². The van der Waals surface area contributed by atoms with Gasteiger partial charge in [-0.3, -0.25) is 9.79 Å². The van der Waals surface area contributed by atoms with Crippen LogP contribution in [0.2, 0.25) is 0 Å². The third-order valence-electron chi connectivity index (χ3n) is 3.29. The lowest BCUT2D eigenvalue weighted by molar-refractivity contribution is 0.108.